The topological polar surface area (TPSA) is 58.4 Å². The molecule has 0 aliphatic heterocycles. The summed E-state index contributed by atoms with van der Waals surface area (Å²) < 4.78 is 0. The van der Waals surface area contributed by atoms with Crippen molar-refractivity contribution in [1.29, 1.82) is 0 Å². The summed E-state index contributed by atoms with van der Waals surface area (Å²) in [6, 6.07) is 5.41. The predicted octanol–water partition coefficient (Wildman–Crippen LogP) is 2.43. The molecule has 104 valence electrons. The second kappa shape index (κ2) is 5.51. The fourth-order valence-corrected chi connectivity index (χ4v) is 2.20. The number of carbonyl (C=O) groups is 1. The van der Waals surface area contributed by atoms with Gasteiger partial charge in [-0.05, 0) is 42.9 Å². The van der Waals surface area contributed by atoms with Crippen molar-refractivity contribution in [3.63, 3.8) is 0 Å². The fraction of sp³-hybridized carbons (Fsp3) is 0.533. The lowest BCUT2D eigenvalue weighted by molar-refractivity contribution is 0.0827. The molecule has 19 heavy (non-hydrogen) atoms. The Kier molecular flexibility index (Phi) is 3.98. The van der Waals surface area contributed by atoms with Crippen LogP contribution in [-0.2, 0) is 0 Å². The molecule has 1 atom stereocenters. The monoisotopic (exact) mass is 261 g/mol. The third-order valence-electron chi connectivity index (χ3n) is 3.75. The lowest BCUT2D eigenvalue weighted by Gasteiger charge is -2.16. The molecule has 1 aliphatic rings. The number of carbonyl (C=O) groups excluding carboxylic acids is 1. The van der Waals surface area contributed by atoms with Crippen LogP contribution in [0.1, 0.15) is 30.1 Å². The molecular formula is C15H23N3O. The molecule has 0 bridgehead atoms. The first-order valence-corrected chi connectivity index (χ1v) is 6.84. The van der Waals surface area contributed by atoms with Gasteiger partial charge in [0.1, 0.15) is 0 Å². The molecule has 1 aromatic rings. The average molecular weight is 261 g/mol. The fourth-order valence-electron chi connectivity index (χ4n) is 2.20. The van der Waals surface area contributed by atoms with Gasteiger partial charge in [0.2, 0.25) is 0 Å². The molecule has 1 fully saturated rings. The van der Waals surface area contributed by atoms with E-state index in [9.17, 15) is 4.79 Å². The summed E-state index contributed by atoms with van der Waals surface area (Å²) in [6.45, 7) is 3.17. The summed E-state index contributed by atoms with van der Waals surface area (Å²) in [6.07, 6.45) is 2.69. The van der Waals surface area contributed by atoms with Crippen molar-refractivity contribution in [3.05, 3.63) is 23.8 Å². The van der Waals surface area contributed by atoms with E-state index in [1.54, 1.807) is 31.1 Å². The molecule has 2 rings (SSSR count). The van der Waals surface area contributed by atoms with E-state index in [1.807, 2.05) is 6.07 Å². The minimum atomic E-state index is -0.00158. The summed E-state index contributed by atoms with van der Waals surface area (Å²) >= 11 is 0. The van der Waals surface area contributed by atoms with E-state index in [2.05, 4.69) is 12.2 Å². The number of benzene rings is 1. The van der Waals surface area contributed by atoms with Crippen molar-refractivity contribution < 1.29 is 4.79 Å². The second-order valence-corrected chi connectivity index (χ2v) is 5.70. The average Bonchev–Trinajstić information content (AvgIpc) is 3.20. The number of nitrogens with zero attached hydrogens (tertiary/aromatic N) is 1. The van der Waals surface area contributed by atoms with E-state index in [-0.39, 0.29) is 5.91 Å². The normalized spacial score (nSPS) is 15.9. The van der Waals surface area contributed by atoms with E-state index in [0.717, 1.165) is 18.2 Å². The molecule has 0 radical (unpaired) electrons. The Hall–Kier alpha value is -1.71. The molecule has 4 heteroatoms. The van der Waals surface area contributed by atoms with Gasteiger partial charge in [0, 0.05) is 26.2 Å². The van der Waals surface area contributed by atoms with Crippen LogP contribution < -0.4 is 11.1 Å². The zero-order chi connectivity index (χ0) is 14.0. The summed E-state index contributed by atoms with van der Waals surface area (Å²) in [7, 11) is 3.50. The van der Waals surface area contributed by atoms with Crippen LogP contribution in [0.15, 0.2) is 18.2 Å². The van der Waals surface area contributed by atoms with E-state index in [0.29, 0.717) is 17.2 Å². The van der Waals surface area contributed by atoms with Gasteiger partial charge in [0.15, 0.2) is 0 Å². The summed E-state index contributed by atoms with van der Waals surface area (Å²) in [5.74, 6) is 1.52. The van der Waals surface area contributed by atoms with Gasteiger partial charge in [-0.3, -0.25) is 4.79 Å². The Morgan fingerprint density at radius 2 is 2.16 bits per heavy atom. The SMILES string of the molecule is CC(CNc1cc(C(=O)N(C)C)ccc1N)C1CC1. The number of amides is 1. The van der Waals surface area contributed by atoms with Gasteiger partial charge in [0.25, 0.3) is 5.91 Å². The molecule has 0 saturated heterocycles. The number of hydrogen-bond donors (Lipinski definition) is 2. The van der Waals surface area contributed by atoms with Gasteiger partial charge in [-0.25, -0.2) is 0 Å². The van der Waals surface area contributed by atoms with E-state index in [4.69, 9.17) is 5.73 Å². The van der Waals surface area contributed by atoms with Gasteiger partial charge >= 0.3 is 0 Å². The summed E-state index contributed by atoms with van der Waals surface area (Å²) in [4.78, 5) is 13.5. The molecule has 1 amide bonds. The highest BCUT2D eigenvalue weighted by molar-refractivity contribution is 5.95. The van der Waals surface area contributed by atoms with Crippen LogP contribution in [0.25, 0.3) is 0 Å². The number of anilines is 2. The Morgan fingerprint density at radius 1 is 1.47 bits per heavy atom. The minimum Gasteiger partial charge on any atom is -0.397 e. The highest BCUT2D eigenvalue weighted by atomic mass is 16.2. The molecule has 0 heterocycles. The van der Waals surface area contributed by atoms with Gasteiger partial charge in [-0.2, -0.15) is 0 Å². The van der Waals surface area contributed by atoms with Crippen molar-refractivity contribution >= 4 is 17.3 Å². The van der Waals surface area contributed by atoms with Crippen LogP contribution in [0.5, 0.6) is 0 Å². The largest absolute Gasteiger partial charge is 0.397 e. The number of nitrogen functional groups attached to an aromatic ring is 1. The van der Waals surface area contributed by atoms with Crippen LogP contribution in [0, 0.1) is 11.8 Å². The molecule has 1 unspecified atom stereocenters. The quantitative estimate of drug-likeness (QED) is 0.800. The van der Waals surface area contributed by atoms with Gasteiger partial charge in [0.05, 0.1) is 11.4 Å². The Bertz CT molecular complexity index is 466. The summed E-state index contributed by atoms with van der Waals surface area (Å²) in [5.41, 5.74) is 8.18. The minimum absolute atomic E-state index is 0.00158. The maximum Gasteiger partial charge on any atom is 0.253 e. The van der Waals surface area contributed by atoms with E-state index >= 15 is 0 Å². The highest BCUT2D eigenvalue weighted by Gasteiger charge is 2.27. The third-order valence-corrected chi connectivity index (χ3v) is 3.75. The van der Waals surface area contributed by atoms with Crippen LogP contribution in [0.3, 0.4) is 0 Å². The zero-order valence-electron chi connectivity index (χ0n) is 11.9. The molecule has 4 nitrogen and oxygen atoms in total. The van der Waals surface area contributed by atoms with Crippen molar-refractivity contribution in [3.8, 4) is 0 Å². The number of nitrogens with one attached hydrogen (secondary N) is 1. The first-order chi connectivity index (χ1) is 8.99. The van der Waals surface area contributed by atoms with E-state index < -0.39 is 0 Å². The lowest BCUT2D eigenvalue weighted by atomic mass is 10.1. The molecule has 0 aromatic heterocycles. The Balaban J connectivity index is 2.05. The van der Waals surface area contributed by atoms with Gasteiger partial charge < -0.3 is 16.0 Å². The van der Waals surface area contributed by atoms with Crippen LogP contribution in [0.4, 0.5) is 11.4 Å². The maximum atomic E-state index is 11.9. The molecule has 0 spiro atoms. The second-order valence-electron chi connectivity index (χ2n) is 5.70. The standard InChI is InChI=1S/C15H23N3O/c1-10(11-4-5-11)9-17-14-8-12(6-7-13(14)16)15(19)18(2)3/h6-8,10-11,17H,4-5,9,16H2,1-3H3. The van der Waals surface area contributed by atoms with Gasteiger partial charge in [-0.1, -0.05) is 6.92 Å². The number of nitrogens with two attached hydrogens (primary N) is 1. The maximum absolute atomic E-state index is 11.9. The first kappa shape index (κ1) is 13.7. The lowest BCUT2D eigenvalue weighted by Crippen LogP contribution is -2.22. The predicted molar refractivity (Wildman–Crippen MR) is 79.2 cm³/mol. The van der Waals surface area contributed by atoms with Crippen molar-refractivity contribution in [1.82, 2.24) is 4.90 Å². The molecule has 1 saturated carbocycles. The van der Waals surface area contributed by atoms with Crippen molar-refractivity contribution in [2.45, 2.75) is 19.8 Å². The number of hydrogen-bond acceptors (Lipinski definition) is 3. The van der Waals surface area contributed by atoms with Crippen molar-refractivity contribution in [2.75, 3.05) is 31.7 Å². The van der Waals surface area contributed by atoms with Crippen LogP contribution in [-0.4, -0.2) is 31.4 Å². The van der Waals surface area contributed by atoms with Crippen LogP contribution in [0.2, 0.25) is 0 Å². The molecule has 3 N–H and O–H groups in total. The highest BCUT2D eigenvalue weighted by Crippen LogP contribution is 2.36. The third kappa shape index (κ3) is 3.40. The Morgan fingerprint density at radius 3 is 2.74 bits per heavy atom. The number of rotatable bonds is 5. The summed E-state index contributed by atoms with van der Waals surface area (Å²) in [5, 5.41) is 3.37. The first-order valence-electron chi connectivity index (χ1n) is 6.84. The molecular weight excluding hydrogens is 238 g/mol. The van der Waals surface area contributed by atoms with E-state index in [1.165, 1.54) is 12.8 Å². The van der Waals surface area contributed by atoms with Crippen LogP contribution >= 0.6 is 0 Å². The molecule has 1 aromatic carbocycles. The molecule has 1 aliphatic carbocycles. The smallest absolute Gasteiger partial charge is 0.253 e. The van der Waals surface area contributed by atoms with Crippen molar-refractivity contribution in [2.24, 2.45) is 11.8 Å². The zero-order valence-corrected chi connectivity index (χ0v) is 11.9. The Labute approximate surface area is 115 Å². The van der Waals surface area contributed by atoms with Gasteiger partial charge in [-0.15, -0.1) is 0 Å².